The van der Waals surface area contributed by atoms with Crippen molar-refractivity contribution in [1.29, 1.82) is 0 Å². The van der Waals surface area contributed by atoms with Crippen LogP contribution in [0.1, 0.15) is 28.3 Å². The van der Waals surface area contributed by atoms with Crippen molar-refractivity contribution in [3.8, 4) is 5.75 Å². The van der Waals surface area contributed by atoms with E-state index in [9.17, 15) is 19.1 Å². The molecule has 2 heterocycles. The third kappa shape index (κ3) is 3.85. The molecular formula is C27H21FN2O4S. The van der Waals surface area contributed by atoms with Gasteiger partial charge >= 0.3 is 5.91 Å². The maximum absolute atomic E-state index is 13.8. The lowest BCUT2D eigenvalue weighted by Gasteiger charge is -2.23. The van der Waals surface area contributed by atoms with Gasteiger partial charge in [0, 0.05) is 5.56 Å². The number of nitrogens with zero attached hydrogens (tertiary/aromatic N) is 2. The van der Waals surface area contributed by atoms with Gasteiger partial charge in [0.25, 0.3) is 5.78 Å². The van der Waals surface area contributed by atoms with Crippen molar-refractivity contribution < 1.29 is 23.8 Å². The normalized spacial score (nSPS) is 17.4. The summed E-state index contributed by atoms with van der Waals surface area (Å²) in [6, 6.07) is 15.7. The quantitative estimate of drug-likeness (QED) is 0.227. The molecule has 0 aliphatic carbocycles. The van der Waals surface area contributed by atoms with Crippen LogP contribution in [-0.4, -0.2) is 28.9 Å². The number of rotatable bonds is 4. The highest BCUT2D eigenvalue weighted by Gasteiger charge is 2.48. The first-order chi connectivity index (χ1) is 16.8. The highest BCUT2D eigenvalue weighted by molar-refractivity contribution is 7.22. The molecule has 1 amide bonds. The van der Waals surface area contributed by atoms with Crippen molar-refractivity contribution >= 4 is 44.1 Å². The number of amides is 1. The van der Waals surface area contributed by atoms with Gasteiger partial charge in [0.15, 0.2) is 5.13 Å². The zero-order valence-electron chi connectivity index (χ0n) is 19.2. The summed E-state index contributed by atoms with van der Waals surface area (Å²) in [5.74, 6) is -1.78. The second-order valence-corrected chi connectivity index (χ2v) is 9.38. The lowest BCUT2D eigenvalue weighted by Crippen LogP contribution is -2.29. The molecule has 1 unspecified atom stereocenters. The number of halogens is 1. The van der Waals surface area contributed by atoms with E-state index in [2.05, 4.69) is 4.98 Å². The molecule has 35 heavy (non-hydrogen) atoms. The zero-order chi connectivity index (χ0) is 24.9. The van der Waals surface area contributed by atoms with Crippen LogP contribution in [0, 0.1) is 19.7 Å². The lowest BCUT2D eigenvalue weighted by atomic mass is 9.93. The van der Waals surface area contributed by atoms with Crippen molar-refractivity contribution in [2.24, 2.45) is 0 Å². The van der Waals surface area contributed by atoms with Gasteiger partial charge in [0.1, 0.15) is 17.3 Å². The van der Waals surface area contributed by atoms with Crippen LogP contribution in [0.5, 0.6) is 5.75 Å². The lowest BCUT2D eigenvalue weighted by molar-refractivity contribution is -0.132. The van der Waals surface area contributed by atoms with Crippen LogP contribution in [0.25, 0.3) is 16.0 Å². The molecule has 4 aromatic rings. The zero-order valence-corrected chi connectivity index (χ0v) is 20.0. The Labute approximate surface area is 204 Å². The Morgan fingerprint density at radius 2 is 1.89 bits per heavy atom. The first-order valence-corrected chi connectivity index (χ1v) is 11.7. The molecule has 1 N–H and O–H groups in total. The third-order valence-electron chi connectivity index (χ3n) is 6.05. The Morgan fingerprint density at radius 1 is 1.09 bits per heavy atom. The average molecular weight is 489 g/mol. The molecule has 1 saturated heterocycles. The van der Waals surface area contributed by atoms with Crippen LogP contribution < -0.4 is 9.64 Å². The number of aromatic nitrogens is 1. The number of aliphatic hydroxyl groups excluding tert-OH is 1. The molecule has 1 fully saturated rings. The van der Waals surface area contributed by atoms with Crippen molar-refractivity contribution in [2.75, 3.05) is 12.0 Å². The number of Topliss-reactive ketones (excluding diaryl/α,β-unsaturated/α-hetero) is 1. The molecule has 3 aromatic carbocycles. The van der Waals surface area contributed by atoms with E-state index in [4.69, 9.17) is 4.74 Å². The van der Waals surface area contributed by atoms with Gasteiger partial charge in [-0.25, -0.2) is 9.37 Å². The number of methoxy groups -OCH3 is 1. The van der Waals surface area contributed by atoms with Crippen LogP contribution in [0.4, 0.5) is 9.52 Å². The van der Waals surface area contributed by atoms with Crippen molar-refractivity contribution in [1.82, 2.24) is 4.98 Å². The SMILES string of the molecule is COc1cccc(C2/C(=C(\O)c3cc(C)ccc3C)C(=O)C(=O)N2c2nc3ccc(F)cc3s2)c1. The minimum absolute atomic E-state index is 0.0395. The number of fused-ring (bicyclic) bond motifs is 1. The number of ketones is 1. The highest BCUT2D eigenvalue weighted by atomic mass is 32.1. The summed E-state index contributed by atoms with van der Waals surface area (Å²) < 4.78 is 19.7. The van der Waals surface area contributed by atoms with E-state index in [0.29, 0.717) is 27.1 Å². The Bertz CT molecular complexity index is 1540. The fourth-order valence-electron chi connectivity index (χ4n) is 4.28. The standard InChI is InChI=1S/C27H21FN2O4S/c1-14-7-8-15(2)19(11-14)24(31)22-23(16-5-4-6-18(12-16)34-3)30(26(33)25(22)32)27-29-20-10-9-17(28)13-21(20)35-27/h4-13,23,31H,1-3H3/b24-22+. The van der Waals surface area contributed by atoms with Gasteiger partial charge in [-0.2, -0.15) is 0 Å². The summed E-state index contributed by atoms with van der Waals surface area (Å²) in [4.78, 5) is 32.5. The van der Waals surface area contributed by atoms with Gasteiger partial charge < -0.3 is 9.84 Å². The monoisotopic (exact) mass is 488 g/mol. The number of thiazole rings is 1. The van der Waals surface area contributed by atoms with E-state index in [1.54, 1.807) is 30.3 Å². The molecule has 5 rings (SSSR count). The second kappa shape index (κ2) is 8.63. The van der Waals surface area contributed by atoms with Gasteiger partial charge in [0.05, 0.1) is 28.9 Å². The Balaban J connectivity index is 1.77. The fourth-order valence-corrected chi connectivity index (χ4v) is 5.30. The van der Waals surface area contributed by atoms with Gasteiger partial charge in [-0.1, -0.05) is 41.2 Å². The minimum atomic E-state index is -0.949. The number of anilines is 1. The van der Waals surface area contributed by atoms with Crippen molar-refractivity contribution in [2.45, 2.75) is 19.9 Å². The molecule has 8 heteroatoms. The van der Waals surface area contributed by atoms with Crippen LogP contribution in [-0.2, 0) is 9.59 Å². The summed E-state index contributed by atoms with van der Waals surface area (Å²) in [6.07, 6.45) is 0. The van der Waals surface area contributed by atoms with Crippen LogP contribution in [0.15, 0.2) is 66.2 Å². The second-order valence-electron chi connectivity index (χ2n) is 8.37. The summed E-state index contributed by atoms with van der Waals surface area (Å²) in [5.41, 5.74) is 3.18. The van der Waals surface area contributed by atoms with E-state index in [1.165, 1.54) is 30.2 Å². The summed E-state index contributed by atoms with van der Waals surface area (Å²) in [7, 11) is 1.52. The molecule has 1 atom stereocenters. The van der Waals surface area contributed by atoms with Gasteiger partial charge in [-0.3, -0.25) is 14.5 Å². The largest absolute Gasteiger partial charge is 0.507 e. The van der Waals surface area contributed by atoms with Gasteiger partial charge in [0.2, 0.25) is 0 Å². The molecule has 1 aliphatic heterocycles. The van der Waals surface area contributed by atoms with E-state index in [1.807, 2.05) is 26.0 Å². The van der Waals surface area contributed by atoms with Crippen molar-refractivity contribution in [3.05, 3.63) is 94.3 Å². The average Bonchev–Trinajstić information content (AvgIpc) is 3.38. The van der Waals surface area contributed by atoms with Crippen molar-refractivity contribution in [3.63, 3.8) is 0 Å². The molecule has 0 bridgehead atoms. The van der Waals surface area contributed by atoms with Gasteiger partial charge in [-0.05, 0) is 61.4 Å². The number of carbonyl (C=O) groups excluding carboxylic acids is 2. The number of aryl methyl sites for hydroxylation is 2. The van der Waals surface area contributed by atoms with Gasteiger partial charge in [-0.15, -0.1) is 0 Å². The summed E-state index contributed by atoms with van der Waals surface area (Å²) in [6.45, 7) is 3.71. The summed E-state index contributed by atoms with van der Waals surface area (Å²) >= 11 is 1.10. The molecule has 176 valence electrons. The Morgan fingerprint density at radius 3 is 2.66 bits per heavy atom. The van der Waals surface area contributed by atoms with Crippen LogP contribution in [0.3, 0.4) is 0 Å². The maximum Gasteiger partial charge on any atom is 0.301 e. The highest BCUT2D eigenvalue weighted by Crippen LogP contribution is 2.45. The first kappa shape index (κ1) is 22.7. The maximum atomic E-state index is 13.8. The smallest absolute Gasteiger partial charge is 0.301 e. The Kier molecular flexibility index (Phi) is 5.61. The van der Waals surface area contributed by atoms with Crippen LogP contribution >= 0.6 is 11.3 Å². The Hall–Kier alpha value is -4.04. The predicted octanol–water partition coefficient (Wildman–Crippen LogP) is 5.69. The molecule has 1 aliphatic rings. The number of hydrogen-bond acceptors (Lipinski definition) is 6. The number of aliphatic hydroxyl groups is 1. The molecule has 0 radical (unpaired) electrons. The van der Waals surface area contributed by atoms with E-state index < -0.39 is 23.5 Å². The molecule has 1 aromatic heterocycles. The summed E-state index contributed by atoms with van der Waals surface area (Å²) in [5, 5.41) is 11.6. The fraction of sp³-hybridized carbons (Fsp3) is 0.148. The number of benzene rings is 3. The minimum Gasteiger partial charge on any atom is -0.507 e. The molecular weight excluding hydrogens is 467 g/mol. The first-order valence-electron chi connectivity index (χ1n) is 10.9. The molecule has 0 saturated carbocycles. The van der Waals surface area contributed by atoms with E-state index in [0.717, 1.165) is 22.5 Å². The third-order valence-corrected chi connectivity index (χ3v) is 7.06. The number of carbonyl (C=O) groups is 2. The molecule has 6 nitrogen and oxygen atoms in total. The van der Waals surface area contributed by atoms with E-state index >= 15 is 0 Å². The van der Waals surface area contributed by atoms with Crippen LogP contribution in [0.2, 0.25) is 0 Å². The topological polar surface area (TPSA) is 79.7 Å². The number of hydrogen-bond donors (Lipinski definition) is 1. The molecule has 0 spiro atoms. The predicted molar refractivity (Wildman–Crippen MR) is 133 cm³/mol. The van der Waals surface area contributed by atoms with E-state index in [-0.39, 0.29) is 16.5 Å². The number of ether oxygens (including phenoxy) is 1.